The number of benzene rings is 1. The molecule has 3 nitrogen and oxygen atoms in total. The van der Waals surface area contributed by atoms with E-state index < -0.39 is 11.4 Å². The van der Waals surface area contributed by atoms with Crippen LogP contribution in [0.25, 0.3) is 0 Å². The van der Waals surface area contributed by atoms with Gasteiger partial charge in [-0.3, -0.25) is 9.59 Å². The first-order valence-electron chi connectivity index (χ1n) is 6.99. The zero-order chi connectivity index (χ0) is 15.4. The molecule has 2 unspecified atom stereocenters. The van der Waals surface area contributed by atoms with E-state index in [-0.39, 0.29) is 27.9 Å². The fraction of sp³-hybridized carbons (Fsp3) is 0.500. The molecule has 0 aliphatic heterocycles. The Balaban J connectivity index is 1.93. The topological polar surface area (TPSA) is 43.4 Å². The predicted octanol–water partition coefficient (Wildman–Crippen LogP) is 4.29. The van der Waals surface area contributed by atoms with Crippen molar-refractivity contribution in [1.29, 1.82) is 0 Å². The Hall–Kier alpha value is -1.06. The normalized spacial score (nSPS) is 29.7. The summed E-state index contributed by atoms with van der Waals surface area (Å²) in [6, 6.07) is 4.67. The van der Waals surface area contributed by atoms with Crippen molar-refractivity contribution in [2.24, 2.45) is 16.7 Å². The van der Waals surface area contributed by atoms with Crippen molar-refractivity contribution in [3.8, 4) is 5.75 Å². The number of esters is 1. The van der Waals surface area contributed by atoms with E-state index in [4.69, 9.17) is 27.9 Å². The molecule has 0 aromatic heterocycles. The van der Waals surface area contributed by atoms with Gasteiger partial charge in [-0.15, -0.1) is 0 Å². The molecule has 0 radical (unpaired) electrons. The van der Waals surface area contributed by atoms with Crippen LogP contribution in [0, 0.1) is 16.7 Å². The largest absolute Gasteiger partial charge is 0.424 e. The second-order valence-corrected chi connectivity index (χ2v) is 7.30. The lowest BCUT2D eigenvalue weighted by Gasteiger charge is -2.33. The molecule has 0 heterocycles. The maximum atomic E-state index is 12.7. The van der Waals surface area contributed by atoms with Crippen LogP contribution in [0.2, 0.25) is 10.0 Å². The van der Waals surface area contributed by atoms with Crippen LogP contribution in [0.4, 0.5) is 0 Å². The Morgan fingerprint density at radius 1 is 1.33 bits per heavy atom. The van der Waals surface area contributed by atoms with Crippen LogP contribution in [0.15, 0.2) is 18.2 Å². The van der Waals surface area contributed by atoms with Crippen molar-refractivity contribution < 1.29 is 14.3 Å². The molecule has 0 amide bonds. The Kier molecular flexibility index (Phi) is 3.34. The van der Waals surface area contributed by atoms with Gasteiger partial charge in [0.1, 0.15) is 11.2 Å². The van der Waals surface area contributed by atoms with E-state index in [0.717, 1.165) is 6.42 Å². The van der Waals surface area contributed by atoms with E-state index >= 15 is 0 Å². The van der Waals surface area contributed by atoms with Gasteiger partial charge in [-0.1, -0.05) is 37.0 Å². The molecule has 0 spiro atoms. The van der Waals surface area contributed by atoms with Crippen molar-refractivity contribution in [2.45, 2.75) is 33.1 Å². The standard InChI is InChI=1S/C16H16Cl2O3/c1-15(2)9-5-6-16(15,13(19)7-9)14(20)21-12-4-3-10(17)8-11(12)18/h3-4,8-9H,5-7H2,1-2H3. The highest BCUT2D eigenvalue weighted by molar-refractivity contribution is 6.35. The number of Topliss-reactive ketones (excluding diaryl/α,β-unsaturated/α-hetero) is 1. The number of halogens is 2. The van der Waals surface area contributed by atoms with Crippen molar-refractivity contribution in [2.75, 3.05) is 0 Å². The molecule has 2 atom stereocenters. The second-order valence-electron chi connectivity index (χ2n) is 6.45. The lowest BCUT2D eigenvalue weighted by atomic mass is 9.69. The monoisotopic (exact) mass is 326 g/mol. The first-order valence-corrected chi connectivity index (χ1v) is 7.75. The first-order chi connectivity index (χ1) is 9.79. The average Bonchev–Trinajstić information content (AvgIpc) is 2.76. The third-order valence-electron chi connectivity index (χ3n) is 5.34. The maximum absolute atomic E-state index is 12.7. The number of hydrogen-bond acceptors (Lipinski definition) is 3. The third kappa shape index (κ3) is 1.94. The molecule has 2 fully saturated rings. The minimum absolute atomic E-state index is 0.00108. The number of rotatable bonds is 2. The summed E-state index contributed by atoms with van der Waals surface area (Å²) in [5.41, 5.74) is -1.39. The SMILES string of the molecule is CC1(C)C2CCC1(C(=O)Oc1ccc(Cl)cc1Cl)C(=O)C2. The minimum atomic E-state index is -1.03. The van der Waals surface area contributed by atoms with Crippen LogP contribution >= 0.6 is 23.2 Å². The fourth-order valence-electron chi connectivity index (χ4n) is 3.90. The summed E-state index contributed by atoms with van der Waals surface area (Å²) in [5.74, 6) is 0.0261. The van der Waals surface area contributed by atoms with Gasteiger partial charge < -0.3 is 4.74 Å². The number of ketones is 1. The number of carbonyl (C=O) groups is 2. The first kappa shape index (κ1) is 14.9. The Bertz CT molecular complexity index is 638. The Labute approximate surface area is 133 Å². The lowest BCUT2D eigenvalue weighted by Crippen LogP contribution is -2.45. The van der Waals surface area contributed by atoms with Crippen LogP contribution in [0.3, 0.4) is 0 Å². The van der Waals surface area contributed by atoms with E-state index in [1.165, 1.54) is 6.07 Å². The molecular weight excluding hydrogens is 311 g/mol. The average molecular weight is 327 g/mol. The molecule has 2 saturated carbocycles. The van der Waals surface area contributed by atoms with Gasteiger partial charge in [0.05, 0.1) is 5.02 Å². The molecule has 112 valence electrons. The molecule has 0 N–H and O–H groups in total. The summed E-state index contributed by atoms with van der Waals surface area (Å²) in [5, 5.41) is 0.737. The lowest BCUT2D eigenvalue weighted by molar-refractivity contribution is -0.156. The van der Waals surface area contributed by atoms with Gasteiger partial charge in [0.2, 0.25) is 0 Å². The number of hydrogen-bond donors (Lipinski definition) is 0. The van der Waals surface area contributed by atoms with Crippen LogP contribution in [-0.4, -0.2) is 11.8 Å². The molecule has 5 heteroatoms. The zero-order valence-corrected chi connectivity index (χ0v) is 13.4. The summed E-state index contributed by atoms with van der Waals surface area (Å²) in [4.78, 5) is 25.1. The number of ether oxygens (including phenoxy) is 1. The quantitative estimate of drug-likeness (QED) is 0.462. The van der Waals surface area contributed by atoms with Gasteiger partial charge in [0, 0.05) is 11.4 Å². The van der Waals surface area contributed by atoms with E-state index in [1.807, 2.05) is 13.8 Å². The third-order valence-corrected chi connectivity index (χ3v) is 5.87. The fourth-order valence-corrected chi connectivity index (χ4v) is 4.35. The molecule has 2 aliphatic carbocycles. The Morgan fingerprint density at radius 3 is 2.57 bits per heavy atom. The van der Waals surface area contributed by atoms with E-state index in [2.05, 4.69) is 0 Å². The highest BCUT2D eigenvalue weighted by Crippen LogP contribution is 2.64. The van der Waals surface area contributed by atoms with E-state index in [0.29, 0.717) is 17.9 Å². The summed E-state index contributed by atoms with van der Waals surface area (Å²) < 4.78 is 5.46. The molecule has 0 saturated heterocycles. The molecular formula is C16H16Cl2O3. The van der Waals surface area contributed by atoms with Crippen molar-refractivity contribution in [3.63, 3.8) is 0 Å². The van der Waals surface area contributed by atoms with E-state index in [1.54, 1.807) is 12.1 Å². The number of fused-ring (bicyclic) bond motifs is 2. The van der Waals surface area contributed by atoms with Crippen LogP contribution in [0.1, 0.15) is 33.1 Å². The summed E-state index contributed by atoms with van der Waals surface area (Å²) in [6.45, 7) is 3.97. The predicted molar refractivity (Wildman–Crippen MR) is 80.7 cm³/mol. The Morgan fingerprint density at radius 2 is 2.05 bits per heavy atom. The van der Waals surface area contributed by atoms with Crippen molar-refractivity contribution in [3.05, 3.63) is 28.2 Å². The molecule has 1 aromatic carbocycles. The molecule has 3 rings (SSSR count). The van der Waals surface area contributed by atoms with E-state index in [9.17, 15) is 9.59 Å². The zero-order valence-electron chi connectivity index (χ0n) is 11.9. The molecule has 1 aromatic rings. The van der Waals surface area contributed by atoms with Crippen LogP contribution < -0.4 is 4.74 Å². The van der Waals surface area contributed by atoms with Gasteiger partial charge >= 0.3 is 5.97 Å². The second kappa shape index (κ2) is 4.72. The summed E-state index contributed by atoms with van der Waals surface area (Å²) in [6.07, 6.45) is 1.92. The smallest absolute Gasteiger partial charge is 0.325 e. The van der Waals surface area contributed by atoms with Gasteiger partial charge in [0.25, 0.3) is 0 Å². The highest BCUT2D eigenvalue weighted by atomic mass is 35.5. The van der Waals surface area contributed by atoms with Gasteiger partial charge in [-0.25, -0.2) is 0 Å². The minimum Gasteiger partial charge on any atom is -0.424 e. The van der Waals surface area contributed by atoms with Crippen LogP contribution in [0.5, 0.6) is 5.75 Å². The molecule has 2 aliphatic rings. The molecule has 2 bridgehead atoms. The molecule has 21 heavy (non-hydrogen) atoms. The summed E-state index contributed by atoms with van der Waals surface area (Å²) >= 11 is 11.9. The van der Waals surface area contributed by atoms with Gasteiger partial charge in [-0.2, -0.15) is 0 Å². The number of carbonyl (C=O) groups excluding carboxylic acids is 2. The van der Waals surface area contributed by atoms with Crippen LogP contribution in [-0.2, 0) is 9.59 Å². The highest BCUT2D eigenvalue weighted by Gasteiger charge is 2.69. The maximum Gasteiger partial charge on any atom is 0.325 e. The van der Waals surface area contributed by atoms with Crippen molar-refractivity contribution in [1.82, 2.24) is 0 Å². The van der Waals surface area contributed by atoms with Gasteiger partial charge in [0.15, 0.2) is 5.78 Å². The van der Waals surface area contributed by atoms with Crippen molar-refractivity contribution >= 4 is 35.0 Å². The van der Waals surface area contributed by atoms with Gasteiger partial charge in [-0.05, 0) is 42.4 Å². The summed E-state index contributed by atoms with van der Waals surface area (Å²) in [7, 11) is 0.